The first-order valence-corrected chi connectivity index (χ1v) is 10.1. The van der Waals surface area contributed by atoms with Gasteiger partial charge in [0, 0.05) is 38.4 Å². The van der Waals surface area contributed by atoms with Crippen LogP contribution in [0.5, 0.6) is 0 Å². The van der Waals surface area contributed by atoms with Crippen LogP contribution in [0.15, 0.2) is 42.0 Å². The lowest BCUT2D eigenvalue weighted by Crippen LogP contribution is -2.37. The van der Waals surface area contributed by atoms with Crippen LogP contribution in [0.3, 0.4) is 0 Å². The molecule has 0 unspecified atom stereocenters. The average molecular weight is 405 g/mol. The summed E-state index contributed by atoms with van der Waals surface area (Å²) in [6.45, 7) is 4.45. The zero-order chi connectivity index (χ0) is 20.7. The number of rotatable bonds is 4. The first-order chi connectivity index (χ1) is 14.6. The minimum atomic E-state index is -0.0990. The summed E-state index contributed by atoms with van der Waals surface area (Å²) in [6, 6.07) is 5.29. The normalized spacial score (nSPS) is 15.2. The van der Waals surface area contributed by atoms with E-state index in [0.29, 0.717) is 18.3 Å². The second-order valence-corrected chi connectivity index (χ2v) is 7.76. The van der Waals surface area contributed by atoms with E-state index < -0.39 is 0 Å². The molecule has 0 aromatic carbocycles. The van der Waals surface area contributed by atoms with Crippen LogP contribution in [-0.2, 0) is 13.6 Å². The Kier molecular flexibility index (Phi) is 4.53. The molecule has 0 N–H and O–H groups in total. The number of anilines is 1. The maximum absolute atomic E-state index is 12.3. The van der Waals surface area contributed by atoms with Gasteiger partial charge >= 0.3 is 0 Å². The van der Waals surface area contributed by atoms with E-state index in [4.69, 9.17) is 0 Å². The molecule has 0 bridgehead atoms. The molecule has 4 aromatic rings. The Balaban J connectivity index is 1.32. The van der Waals surface area contributed by atoms with Crippen LogP contribution < -0.4 is 10.5 Å². The third-order valence-corrected chi connectivity index (χ3v) is 5.89. The van der Waals surface area contributed by atoms with Gasteiger partial charge in [-0.2, -0.15) is 5.10 Å². The molecule has 1 aliphatic rings. The number of fused-ring (bicyclic) bond motifs is 1. The fourth-order valence-electron chi connectivity index (χ4n) is 4.10. The molecule has 154 valence electrons. The lowest BCUT2D eigenvalue weighted by atomic mass is 9.97. The van der Waals surface area contributed by atoms with Gasteiger partial charge in [0.15, 0.2) is 11.6 Å². The Bertz CT molecular complexity index is 1230. The molecule has 30 heavy (non-hydrogen) atoms. The second-order valence-electron chi connectivity index (χ2n) is 7.76. The van der Waals surface area contributed by atoms with E-state index in [9.17, 15) is 4.79 Å². The van der Waals surface area contributed by atoms with Crippen molar-refractivity contribution in [1.82, 2.24) is 39.1 Å². The van der Waals surface area contributed by atoms with E-state index in [1.807, 2.05) is 0 Å². The van der Waals surface area contributed by atoms with Crippen molar-refractivity contribution >= 4 is 16.9 Å². The standard InChI is InChI=1S/C20H23N9O/c1-14-9-16-19(26(14)2)20(23-12-22-16)27-7-5-15(6-8-27)10-28-18(30)4-3-17(25-28)29-13-21-11-24-29/h3-4,9,11-13,15H,5-8,10H2,1-2H3. The van der Waals surface area contributed by atoms with Crippen molar-refractivity contribution in [3.8, 4) is 5.82 Å². The van der Waals surface area contributed by atoms with Gasteiger partial charge in [0.05, 0.1) is 5.52 Å². The van der Waals surface area contributed by atoms with Gasteiger partial charge in [-0.15, -0.1) is 5.10 Å². The zero-order valence-corrected chi connectivity index (χ0v) is 17.0. The molecule has 10 nitrogen and oxygen atoms in total. The smallest absolute Gasteiger partial charge is 0.266 e. The average Bonchev–Trinajstić information content (AvgIpc) is 3.39. The molecule has 1 fully saturated rings. The van der Waals surface area contributed by atoms with Crippen molar-refractivity contribution in [3.63, 3.8) is 0 Å². The lowest BCUT2D eigenvalue weighted by molar-refractivity contribution is 0.334. The number of aryl methyl sites for hydroxylation is 2. The highest BCUT2D eigenvalue weighted by atomic mass is 16.1. The second kappa shape index (κ2) is 7.36. The number of hydrogen-bond donors (Lipinski definition) is 0. The highest BCUT2D eigenvalue weighted by Gasteiger charge is 2.24. The molecule has 4 aromatic heterocycles. The van der Waals surface area contributed by atoms with E-state index >= 15 is 0 Å². The SMILES string of the molecule is Cc1cc2ncnc(N3CCC(Cn4nc(-n5cncn5)ccc4=O)CC3)c2n1C. The van der Waals surface area contributed by atoms with Crippen molar-refractivity contribution in [2.75, 3.05) is 18.0 Å². The maximum Gasteiger partial charge on any atom is 0.266 e. The highest BCUT2D eigenvalue weighted by Crippen LogP contribution is 2.29. The van der Waals surface area contributed by atoms with E-state index in [2.05, 4.69) is 54.7 Å². The quantitative estimate of drug-likeness (QED) is 0.505. The minimum absolute atomic E-state index is 0.0990. The minimum Gasteiger partial charge on any atom is -0.355 e. The molecule has 0 spiro atoms. The van der Waals surface area contributed by atoms with Crippen molar-refractivity contribution in [2.45, 2.75) is 26.3 Å². The number of aromatic nitrogens is 8. The first-order valence-electron chi connectivity index (χ1n) is 10.1. The van der Waals surface area contributed by atoms with Gasteiger partial charge in [-0.3, -0.25) is 4.79 Å². The molecule has 0 atom stereocenters. The Morgan fingerprint density at radius 1 is 1.13 bits per heavy atom. The van der Waals surface area contributed by atoms with Crippen molar-refractivity contribution in [3.05, 3.63) is 53.2 Å². The summed E-state index contributed by atoms with van der Waals surface area (Å²) in [4.78, 5) is 27.6. The van der Waals surface area contributed by atoms with E-state index in [-0.39, 0.29) is 5.56 Å². The van der Waals surface area contributed by atoms with Gasteiger partial charge in [0.1, 0.15) is 24.5 Å². The summed E-state index contributed by atoms with van der Waals surface area (Å²) in [7, 11) is 2.05. The van der Waals surface area contributed by atoms with E-state index in [0.717, 1.165) is 42.8 Å². The van der Waals surface area contributed by atoms with Crippen LogP contribution in [-0.4, -0.2) is 52.2 Å². The fraction of sp³-hybridized carbons (Fsp3) is 0.400. The monoisotopic (exact) mass is 405 g/mol. The summed E-state index contributed by atoms with van der Waals surface area (Å²) in [5, 5.41) is 8.56. The first kappa shape index (κ1) is 18.5. The van der Waals surface area contributed by atoms with Gasteiger partial charge < -0.3 is 9.47 Å². The molecule has 1 saturated heterocycles. The highest BCUT2D eigenvalue weighted by molar-refractivity contribution is 5.87. The third kappa shape index (κ3) is 3.23. The van der Waals surface area contributed by atoms with Crippen molar-refractivity contribution < 1.29 is 0 Å². The summed E-state index contributed by atoms with van der Waals surface area (Å²) < 4.78 is 5.25. The zero-order valence-electron chi connectivity index (χ0n) is 17.0. The molecular formula is C20H23N9O. The van der Waals surface area contributed by atoms with E-state index in [1.54, 1.807) is 28.1 Å². The molecule has 1 aliphatic heterocycles. The van der Waals surface area contributed by atoms with Crippen LogP contribution in [0, 0.1) is 12.8 Å². The molecule has 5 rings (SSSR count). The van der Waals surface area contributed by atoms with Crippen molar-refractivity contribution in [2.24, 2.45) is 13.0 Å². The Labute approximate surface area is 172 Å². The van der Waals surface area contributed by atoms with Gasteiger partial charge in [-0.1, -0.05) is 0 Å². The predicted molar refractivity (Wildman–Crippen MR) is 112 cm³/mol. The molecule has 0 radical (unpaired) electrons. The summed E-state index contributed by atoms with van der Waals surface area (Å²) >= 11 is 0. The Morgan fingerprint density at radius 3 is 2.73 bits per heavy atom. The van der Waals surface area contributed by atoms with Crippen LogP contribution in [0.25, 0.3) is 16.9 Å². The third-order valence-electron chi connectivity index (χ3n) is 5.89. The largest absolute Gasteiger partial charge is 0.355 e. The summed E-state index contributed by atoms with van der Waals surface area (Å²) in [5.74, 6) is 1.95. The van der Waals surface area contributed by atoms with Crippen LogP contribution in [0.1, 0.15) is 18.5 Å². The maximum atomic E-state index is 12.3. The number of piperidine rings is 1. The van der Waals surface area contributed by atoms with Crippen LogP contribution in [0.2, 0.25) is 0 Å². The van der Waals surface area contributed by atoms with Gasteiger partial charge in [0.25, 0.3) is 5.56 Å². The summed E-state index contributed by atoms with van der Waals surface area (Å²) in [5.41, 5.74) is 3.12. The van der Waals surface area contributed by atoms with Gasteiger partial charge in [0.2, 0.25) is 0 Å². The van der Waals surface area contributed by atoms with Crippen LogP contribution >= 0.6 is 0 Å². The molecule has 10 heteroatoms. The van der Waals surface area contributed by atoms with E-state index in [1.165, 1.54) is 18.1 Å². The number of hydrogen-bond acceptors (Lipinski definition) is 7. The lowest BCUT2D eigenvalue weighted by Gasteiger charge is -2.33. The van der Waals surface area contributed by atoms with Crippen molar-refractivity contribution in [1.29, 1.82) is 0 Å². The molecule has 0 saturated carbocycles. The van der Waals surface area contributed by atoms with Gasteiger partial charge in [-0.05, 0) is 37.8 Å². The van der Waals surface area contributed by atoms with Crippen LogP contribution in [0.4, 0.5) is 5.82 Å². The molecule has 5 heterocycles. The predicted octanol–water partition coefficient (Wildman–Crippen LogP) is 1.33. The Morgan fingerprint density at radius 2 is 1.97 bits per heavy atom. The number of nitrogens with zero attached hydrogens (tertiary/aromatic N) is 9. The Hall–Kier alpha value is -3.56. The fourth-order valence-corrected chi connectivity index (χ4v) is 4.10. The summed E-state index contributed by atoms with van der Waals surface area (Å²) in [6.07, 6.45) is 6.60. The van der Waals surface area contributed by atoms with Gasteiger partial charge in [-0.25, -0.2) is 24.3 Å². The topological polar surface area (TPSA) is 99.6 Å². The molecule has 0 amide bonds. The molecule has 0 aliphatic carbocycles. The molecular weight excluding hydrogens is 382 g/mol.